The van der Waals surface area contributed by atoms with Gasteiger partial charge in [-0.1, -0.05) is 37.6 Å². The predicted octanol–water partition coefficient (Wildman–Crippen LogP) is 3.34. The highest BCUT2D eigenvalue weighted by Crippen LogP contribution is 2.67. The maximum absolute atomic E-state index is 11.6. The van der Waals surface area contributed by atoms with E-state index in [1.807, 2.05) is 0 Å². The summed E-state index contributed by atoms with van der Waals surface area (Å²) >= 11 is 0. The third kappa shape index (κ3) is 3.63. The molecule has 0 aromatic rings. The van der Waals surface area contributed by atoms with E-state index < -0.39 is 35.2 Å². The highest BCUT2D eigenvalue weighted by Gasteiger charge is 2.67. The molecule has 11 unspecified atom stereocenters. The molecule has 3 saturated carbocycles. The van der Waals surface area contributed by atoms with Crippen molar-refractivity contribution >= 4 is 0 Å². The molecule has 5 heteroatoms. The van der Waals surface area contributed by atoms with E-state index in [-0.39, 0.29) is 17.4 Å². The van der Waals surface area contributed by atoms with Crippen molar-refractivity contribution in [3.63, 3.8) is 0 Å². The molecule has 4 aliphatic rings. The zero-order valence-corrected chi connectivity index (χ0v) is 20.3. The van der Waals surface area contributed by atoms with Gasteiger partial charge in [0.25, 0.3) is 0 Å². The van der Waals surface area contributed by atoms with Crippen molar-refractivity contribution in [2.24, 2.45) is 34.5 Å². The normalized spacial score (nSPS) is 48.7. The van der Waals surface area contributed by atoms with Gasteiger partial charge in [-0.2, -0.15) is 0 Å². The van der Waals surface area contributed by atoms with Gasteiger partial charge in [-0.15, -0.1) is 0 Å². The molecule has 182 valence electrons. The van der Waals surface area contributed by atoms with Crippen LogP contribution in [0.4, 0.5) is 0 Å². The Morgan fingerprint density at radius 2 is 1.91 bits per heavy atom. The Balaban J connectivity index is 1.63. The van der Waals surface area contributed by atoms with Crippen molar-refractivity contribution < 1.29 is 25.5 Å². The van der Waals surface area contributed by atoms with E-state index in [9.17, 15) is 25.5 Å². The Hall–Kier alpha value is -0.720. The van der Waals surface area contributed by atoms with Crippen molar-refractivity contribution in [3.8, 4) is 0 Å². The minimum absolute atomic E-state index is 0.00160. The summed E-state index contributed by atoms with van der Waals surface area (Å²) in [6.45, 7) is 11.7. The second-order valence-corrected chi connectivity index (χ2v) is 12.3. The number of hydrogen-bond donors (Lipinski definition) is 5. The van der Waals surface area contributed by atoms with E-state index >= 15 is 0 Å². The molecule has 0 aromatic carbocycles. The molecule has 3 fully saturated rings. The van der Waals surface area contributed by atoms with Crippen LogP contribution in [0.25, 0.3) is 0 Å². The highest BCUT2D eigenvalue weighted by molar-refractivity contribution is 5.27. The highest BCUT2D eigenvalue weighted by atomic mass is 16.3. The van der Waals surface area contributed by atoms with Crippen LogP contribution < -0.4 is 0 Å². The first-order chi connectivity index (χ1) is 14.8. The molecule has 0 aliphatic heterocycles. The van der Waals surface area contributed by atoms with Crippen molar-refractivity contribution in [3.05, 3.63) is 23.8 Å². The monoisotopic (exact) mass is 448 g/mol. The van der Waals surface area contributed by atoms with E-state index in [0.717, 1.165) is 25.7 Å². The lowest BCUT2D eigenvalue weighted by Gasteiger charge is -2.60. The van der Waals surface area contributed by atoms with E-state index in [1.54, 1.807) is 13.8 Å². The van der Waals surface area contributed by atoms with Gasteiger partial charge in [0.1, 0.15) is 0 Å². The fourth-order valence-electron chi connectivity index (χ4n) is 8.55. The molecule has 5 N–H and O–H groups in total. The third-order valence-electron chi connectivity index (χ3n) is 10.4. The van der Waals surface area contributed by atoms with Crippen LogP contribution in [-0.4, -0.2) is 55.5 Å². The quantitative estimate of drug-likeness (QED) is 0.415. The lowest BCUT2D eigenvalue weighted by atomic mass is 9.46. The molecule has 11 atom stereocenters. The number of hydrogen-bond acceptors (Lipinski definition) is 5. The van der Waals surface area contributed by atoms with Gasteiger partial charge in [-0.05, 0) is 88.4 Å². The van der Waals surface area contributed by atoms with Gasteiger partial charge in [0.05, 0.1) is 30.0 Å². The minimum atomic E-state index is -1.19. The molecule has 0 aromatic heterocycles. The van der Waals surface area contributed by atoms with Gasteiger partial charge in [-0.3, -0.25) is 0 Å². The average molecular weight is 449 g/mol. The van der Waals surface area contributed by atoms with Gasteiger partial charge in [0.2, 0.25) is 0 Å². The van der Waals surface area contributed by atoms with Crippen LogP contribution >= 0.6 is 0 Å². The predicted molar refractivity (Wildman–Crippen MR) is 125 cm³/mol. The van der Waals surface area contributed by atoms with Crippen molar-refractivity contribution in [2.45, 2.75) is 109 Å². The lowest BCUT2D eigenvalue weighted by Crippen LogP contribution is -2.59. The molecular formula is C27H44O5. The fraction of sp³-hybridized carbons (Fsp3) is 0.852. The summed E-state index contributed by atoms with van der Waals surface area (Å²) in [5.74, 6) is 0.392. The van der Waals surface area contributed by atoms with Gasteiger partial charge >= 0.3 is 0 Å². The number of aliphatic hydroxyl groups is 5. The Morgan fingerprint density at radius 3 is 2.56 bits per heavy atom. The molecule has 32 heavy (non-hydrogen) atoms. The number of allylic oxidation sites excluding steroid dienone is 1. The Labute approximate surface area is 193 Å². The second-order valence-electron chi connectivity index (χ2n) is 12.3. The van der Waals surface area contributed by atoms with Crippen LogP contribution in [0.15, 0.2) is 23.8 Å². The molecule has 4 aliphatic carbocycles. The fourth-order valence-corrected chi connectivity index (χ4v) is 8.55. The number of aliphatic hydroxyl groups excluding tert-OH is 4. The first kappa shape index (κ1) is 24.4. The largest absolute Gasteiger partial charge is 0.393 e. The summed E-state index contributed by atoms with van der Waals surface area (Å²) < 4.78 is 0. The smallest absolute Gasteiger partial charge is 0.0745 e. The van der Waals surface area contributed by atoms with Crippen molar-refractivity contribution in [2.75, 3.05) is 0 Å². The lowest BCUT2D eigenvalue weighted by molar-refractivity contribution is -0.175. The summed E-state index contributed by atoms with van der Waals surface area (Å²) in [6, 6.07) is 0. The molecule has 0 radical (unpaired) electrons. The summed E-state index contributed by atoms with van der Waals surface area (Å²) in [7, 11) is 0. The molecule has 5 nitrogen and oxygen atoms in total. The van der Waals surface area contributed by atoms with Gasteiger partial charge in [0.15, 0.2) is 0 Å². The van der Waals surface area contributed by atoms with Gasteiger partial charge in [-0.25, -0.2) is 0 Å². The maximum Gasteiger partial charge on any atom is 0.0745 e. The van der Waals surface area contributed by atoms with Crippen LogP contribution in [0, 0.1) is 34.5 Å². The number of fused-ring (bicyclic) bond motifs is 5. The van der Waals surface area contributed by atoms with Crippen LogP contribution in [0.2, 0.25) is 0 Å². The van der Waals surface area contributed by atoms with Crippen LogP contribution in [0.3, 0.4) is 0 Å². The average Bonchev–Trinajstić information content (AvgIpc) is 3.00. The third-order valence-corrected chi connectivity index (χ3v) is 10.4. The molecule has 0 amide bonds. The summed E-state index contributed by atoms with van der Waals surface area (Å²) in [5, 5.41) is 54.8. The van der Waals surface area contributed by atoms with Gasteiger partial charge < -0.3 is 25.5 Å². The zero-order valence-electron chi connectivity index (χ0n) is 20.3. The SMILES string of the molecule is C=C(C)C(O)CCC(C)(O)C1C(O)CC2C3CC=C4CC(O)CCC4(C)C3CC(O)C21C. The number of rotatable bonds is 5. The van der Waals surface area contributed by atoms with E-state index in [4.69, 9.17) is 0 Å². The summed E-state index contributed by atoms with van der Waals surface area (Å²) in [6.07, 6.45) is 5.55. The first-order valence-corrected chi connectivity index (χ1v) is 12.6. The summed E-state index contributed by atoms with van der Waals surface area (Å²) in [4.78, 5) is 0. The molecule has 0 saturated heterocycles. The van der Waals surface area contributed by atoms with Gasteiger partial charge in [0, 0.05) is 11.3 Å². The second kappa shape index (κ2) is 8.20. The van der Waals surface area contributed by atoms with E-state index in [1.165, 1.54) is 5.57 Å². The van der Waals surface area contributed by atoms with Crippen LogP contribution in [-0.2, 0) is 0 Å². The van der Waals surface area contributed by atoms with Crippen molar-refractivity contribution in [1.82, 2.24) is 0 Å². The molecule has 4 rings (SSSR count). The zero-order chi connectivity index (χ0) is 23.6. The molecular weight excluding hydrogens is 404 g/mol. The maximum atomic E-state index is 11.6. The molecule has 0 spiro atoms. The Morgan fingerprint density at radius 1 is 1.22 bits per heavy atom. The van der Waals surface area contributed by atoms with Crippen LogP contribution in [0.5, 0.6) is 0 Å². The minimum Gasteiger partial charge on any atom is -0.393 e. The topological polar surface area (TPSA) is 101 Å². The Bertz CT molecular complexity index is 774. The van der Waals surface area contributed by atoms with Crippen LogP contribution in [0.1, 0.15) is 79.1 Å². The molecule has 0 heterocycles. The molecule has 0 bridgehead atoms. The standard InChI is InChI=1S/C27H44O5/c1-15(2)21(29)9-11-26(4,32)24-22(30)13-20-18-7-6-16-12-17(28)8-10-25(16,3)19(18)14-23(31)27(20,24)5/h6,17-24,28-32H,1,7-14H2,2-5H3. The van der Waals surface area contributed by atoms with E-state index in [0.29, 0.717) is 43.1 Å². The first-order valence-electron chi connectivity index (χ1n) is 12.6. The summed E-state index contributed by atoms with van der Waals surface area (Å²) in [5.41, 5.74) is 0.259. The Kier molecular flexibility index (Phi) is 6.25. The van der Waals surface area contributed by atoms with Crippen molar-refractivity contribution in [1.29, 1.82) is 0 Å². The van der Waals surface area contributed by atoms with E-state index in [2.05, 4.69) is 26.5 Å².